The third kappa shape index (κ3) is 38.0. The first-order valence-electron chi connectivity index (χ1n) is 31.5. The lowest BCUT2D eigenvalue weighted by Crippen LogP contribution is -2.57. The van der Waals surface area contributed by atoms with Crippen LogP contribution in [0.25, 0.3) is 0 Å². The van der Waals surface area contributed by atoms with E-state index in [4.69, 9.17) is 10.2 Å². The van der Waals surface area contributed by atoms with Crippen LogP contribution in [0.15, 0.2) is 48.5 Å². The van der Waals surface area contributed by atoms with E-state index in [9.17, 15) is 103 Å². The first kappa shape index (κ1) is 82.6. The number of nitrogens with zero attached hydrogens (tertiary/aromatic N) is 2. The third-order valence-corrected chi connectivity index (χ3v) is 14.9. The van der Waals surface area contributed by atoms with Gasteiger partial charge in [-0.3, -0.25) is 57.7 Å². The topological polar surface area (TPSA) is 536 Å². The number of amides is 7. The SMILES string of the molecule is Cc1cc(CC(NC(=O)CCC(NCCN(CCN(CCNCC(=O)O)CC(=O)O)CC(=O)O)C(=O)O)C(=O)NC(Cc2ccccc2)C(=O)NC(CCCCNC(=O)CCCCCCC(=O)NCCCCC(NC(=O)NC(CCC(=O)O)C(=O)O)C(=O)O)C(=O)O)ccc1O. The zero-order valence-electron chi connectivity index (χ0n) is 53.7. The van der Waals surface area contributed by atoms with Crippen LogP contribution >= 0.6 is 0 Å². The van der Waals surface area contributed by atoms with Crippen LogP contribution < -0.4 is 47.9 Å². The molecule has 18 N–H and O–H groups in total. The average molecular weight is 1360 g/mol. The van der Waals surface area contributed by atoms with Crippen LogP contribution in [0, 0.1) is 6.92 Å². The minimum absolute atomic E-state index is 0.0201. The lowest BCUT2D eigenvalue weighted by atomic mass is 10.0. The summed E-state index contributed by atoms with van der Waals surface area (Å²) in [5, 5.41) is 109. The molecule has 34 nitrogen and oxygen atoms in total. The predicted octanol–water partition coefficient (Wildman–Crippen LogP) is -0.721. The van der Waals surface area contributed by atoms with E-state index in [0.717, 1.165) is 0 Å². The molecule has 2 aromatic carbocycles. The number of hydrogen-bond donors (Lipinski definition) is 18. The molecular weight excluding hydrogens is 1270 g/mol. The molecule has 534 valence electrons. The highest BCUT2D eigenvalue weighted by atomic mass is 16.4. The lowest BCUT2D eigenvalue weighted by molar-refractivity contribution is -0.143. The van der Waals surface area contributed by atoms with Crippen molar-refractivity contribution < 1.29 is 113 Å². The van der Waals surface area contributed by atoms with E-state index in [0.29, 0.717) is 55.2 Å². The molecule has 0 aliphatic carbocycles. The van der Waals surface area contributed by atoms with Gasteiger partial charge >= 0.3 is 53.8 Å². The smallest absolute Gasteiger partial charge is 0.326 e. The van der Waals surface area contributed by atoms with Gasteiger partial charge in [0, 0.05) is 90.9 Å². The van der Waals surface area contributed by atoms with Gasteiger partial charge in [0.2, 0.25) is 29.5 Å². The van der Waals surface area contributed by atoms with Gasteiger partial charge in [-0.2, -0.15) is 0 Å². The normalized spacial score (nSPS) is 12.9. The van der Waals surface area contributed by atoms with Gasteiger partial charge in [0.25, 0.3) is 0 Å². The van der Waals surface area contributed by atoms with Crippen LogP contribution in [0.2, 0.25) is 0 Å². The molecule has 0 aromatic heterocycles. The van der Waals surface area contributed by atoms with Crippen molar-refractivity contribution >= 4 is 83.3 Å². The van der Waals surface area contributed by atoms with Gasteiger partial charge in [-0.1, -0.05) is 55.3 Å². The molecular formula is C62H93N11O23. The minimum atomic E-state index is -1.54. The maximum absolute atomic E-state index is 14.3. The first-order chi connectivity index (χ1) is 45.5. The number of nitrogens with one attached hydrogen (secondary N) is 9. The van der Waals surface area contributed by atoms with Crippen molar-refractivity contribution in [3.63, 3.8) is 0 Å². The van der Waals surface area contributed by atoms with Crippen LogP contribution in [0.3, 0.4) is 0 Å². The number of phenols is 1. The predicted molar refractivity (Wildman–Crippen MR) is 340 cm³/mol. The summed E-state index contributed by atoms with van der Waals surface area (Å²) in [6.07, 6.45) is 1.89. The van der Waals surface area contributed by atoms with Crippen molar-refractivity contribution in [1.82, 2.24) is 57.7 Å². The number of benzene rings is 2. The highest BCUT2D eigenvalue weighted by Gasteiger charge is 2.32. The molecule has 34 heteroatoms. The van der Waals surface area contributed by atoms with Crippen LogP contribution in [-0.4, -0.2) is 247 Å². The van der Waals surface area contributed by atoms with Crippen molar-refractivity contribution in [2.24, 2.45) is 0 Å². The molecule has 96 heavy (non-hydrogen) atoms. The lowest BCUT2D eigenvalue weighted by Gasteiger charge is -2.26. The van der Waals surface area contributed by atoms with Gasteiger partial charge in [0.1, 0.15) is 42.0 Å². The number of aromatic hydroxyl groups is 1. The number of carboxylic acids is 8. The summed E-state index contributed by atoms with van der Waals surface area (Å²) in [5.74, 6) is -13.4. The van der Waals surface area contributed by atoms with Crippen molar-refractivity contribution in [2.75, 3.05) is 72.0 Å². The van der Waals surface area contributed by atoms with Crippen molar-refractivity contribution in [1.29, 1.82) is 0 Å². The van der Waals surface area contributed by atoms with Crippen molar-refractivity contribution in [2.45, 2.75) is 159 Å². The Morgan fingerprint density at radius 1 is 0.406 bits per heavy atom. The summed E-state index contributed by atoms with van der Waals surface area (Å²) in [4.78, 5) is 175. The number of rotatable bonds is 54. The molecule has 0 bridgehead atoms. The molecule has 6 atom stereocenters. The number of aryl methyl sites for hydroxylation is 1. The van der Waals surface area contributed by atoms with Crippen molar-refractivity contribution in [3.05, 3.63) is 65.2 Å². The molecule has 0 aliphatic rings. The molecule has 6 unspecified atom stereocenters. The van der Waals surface area contributed by atoms with Crippen molar-refractivity contribution in [3.8, 4) is 5.75 Å². The van der Waals surface area contributed by atoms with E-state index in [2.05, 4.69) is 47.9 Å². The number of carbonyl (C=O) groups is 14. The standard InChI is InChI=1S/C62H93N11O23/c1-39-33-41(19-22-48(39)74)35-46(67-51(77)23-20-42(58(88)89)64-28-30-73(38-55(84)85)32-31-72(37-54(82)83)29-27-63-36-53(80)81)56(86)69-47(34-40-13-5-4-6-14-40)57(87)68-43(59(90)91)15-9-11-25-65-49(75)17-7-2-3-8-18-50(76)66-26-12-10-16-44(60(92)93)70-62(96)71-45(61(94)95)21-24-52(78)79/h4-6,13-14,19,22,33,42-47,63-64,74H,2-3,7-12,15-18,20-21,23-32,34-38H2,1H3,(H,65,75)(H,66,76)(H,67,77)(H,68,87)(H,69,86)(H,78,79)(H,80,81)(H,82,83)(H,84,85)(H,88,89)(H,90,91)(H,92,93)(H,94,95)(H2,70,71,96). The molecule has 0 aliphatic heterocycles. The number of carboxylic acid groups (broad SMARTS) is 8. The second-order valence-electron chi connectivity index (χ2n) is 22.8. The molecule has 0 saturated carbocycles. The van der Waals surface area contributed by atoms with Crippen LogP contribution in [-0.2, 0) is 75.2 Å². The number of urea groups is 1. The van der Waals surface area contributed by atoms with Crippen LogP contribution in [0.1, 0.15) is 119 Å². The number of hydrogen-bond acceptors (Lipinski definition) is 19. The average Bonchev–Trinajstić information content (AvgIpc) is 0.868. The third-order valence-electron chi connectivity index (χ3n) is 14.9. The fourth-order valence-electron chi connectivity index (χ4n) is 9.68. The molecule has 0 fully saturated rings. The number of phenolic OH excluding ortho intramolecular Hbond substituents is 1. The maximum Gasteiger partial charge on any atom is 0.326 e. The molecule has 2 rings (SSSR count). The summed E-state index contributed by atoms with van der Waals surface area (Å²) in [6, 6.07) is 3.36. The molecule has 0 heterocycles. The molecule has 2 aromatic rings. The Kier molecular flexibility index (Phi) is 40.0. The fraction of sp³-hybridized carbons (Fsp3) is 0.581. The fourth-order valence-corrected chi connectivity index (χ4v) is 9.68. The number of unbranched alkanes of at least 4 members (excludes halogenated alkanes) is 5. The van der Waals surface area contributed by atoms with E-state index in [1.165, 1.54) is 21.9 Å². The van der Waals surface area contributed by atoms with Gasteiger partial charge in [-0.25, -0.2) is 19.2 Å². The Hall–Kier alpha value is -9.54. The highest BCUT2D eigenvalue weighted by Crippen LogP contribution is 2.19. The van der Waals surface area contributed by atoms with Gasteiger partial charge in [-0.15, -0.1) is 0 Å². The Morgan fingerprint density at radius 3 is 1.36 bits per heavy atom. The van der Waals surface area contributed by atoms with Gasteiger partial charge in [0.15, 0.2) is 0 Å². The van der Waals surface area contributed by atoms with E-state index in [1.807, 2.05) is 0 Å². The van der Waals surface area contributed by atoms with E-state index in [-0.39, 0.29) is 134 Å². The summed E-state index contributed by atoms with van der Waals surface area (Å²) < 4.78 is 0. The maximum atomic E-state index is 14.3. The molecule has 0 spiro atoms. The van der Waals surface area contributed by atoms with Gasteiger partial charge in [-0.05, 0) is 93.9 Å². The molecule has 0 saturated heterocycles. The van der Waals surface area contributed by atoms with Crippen LogP contribution in [0.4, 0.5) is 4.79 Å². The second kappa shape index (κ2) is 46.5. The molecule has 7 amide bonds. The minimum Gasteiger partial charge on any atom is -0.508 e. The van der Waals surface area contributed by atoms with Gasteiger partial charge < -0.3 is 93.8 Å². The summed E-state index contributed by atoms with van der Waals surface area (Å²) in [7, 11) is 0. The summed E-state index contributed by atoms with van der Waals surface area (Å²) in [5.41, 5.74) is 1.49. The zero-order valence-corrected chi connectivity index (χ0v) is 53.7. The Bertz CT molecular complexity index is 2890. The number of carbonyl (C=O) groups excluding carboxylic acids is 6. The Balaban J connectivity index is 1.95. The Labute approximate surface area is 554 Å². The highest BCUT2D eigenvalue weighted by molar-refractivity contribution is 5.94. The van der Waals surface area contributed by atoms with E-state index in [1.54, 1.807) is 43.3 Å². The Morgan fingerprint density at radius 2 is 0.875 bits per heavy atom. The zero-order chi connectivity index (χ0) is 71.5. The van der Waals surface area contributed by atoms with E-state index >= 15 is 0 Å². The monoisotopic (exact) mass is 1360 g/mol. The summed E-state index contributed by atoms with van der Waals surface area (Å²) >= 11 is 0. The second-order valence-corrected chi connectivity index (χ2v) is 22.8. The van der Waals surface area contributed by atoms with Crippen LogP contribution in [0.5, 0.6) is 5.75 Å². The largest absolute Gasteiger partial charge is 0.508 e. The van der Waals surface area contributed by atoms with Gasteiger partial charge in [0.05, 0.1) is 19.6 Å². The summed E-state index contributed by atoms with van der Waals surface area (Å²) in [6.45, 7) is 1.03. The quantitative estimate of drug-likeness (QED) is 0.0363. The first-order valence-corrected chi connectivity index (χ1v) is 31.5. The molecule has 0 radical (unpaired) electrons. The number of aliphatic carboxylic acids is 8. The van der Waals surface area contributed by atoms with E-state index < -0.39 is 140 Å².